The van der Waals surface area contributed by atoms with Gasteiger partial charge in [-0.05, 0) is 30.5 Å². The summed E-state index contributed by atoms with van der Waals surface area (Å²) in [7, 11) is 0. The van der Waals surface area contributed by atoms with Gasteiger partial charge >= 0.3 is 0 Å². The van der Waals surface area contributed by atoms with Gasteiger partial charge in [0.05, 0.1) is 12.2 Å². The fraction of sp³-hybridized carbons (Fsp3) is 0.353. The lowest BCUT2D eigenvalue weighted by atomic mass is 10.0. The molecule has 1 heterocycles. The van der Waals surface area contributed by atoms with Crippen LogP contribution in [0.4, 0.5) is 0 Å². The van der Waals surface area contributed by atoms with Gasteiger partial charge in [-0.2, -0.15) is 0 Å². The maximum Gasteiger partial charge on any atom is 0.0843 e. The van der Waals surface area contributed by atoms with Crippen LogP contribution < -0.4 is 5.73 Å². The van der Waals surface area contributed by atoms with Crippen LogP contribution in [0.3, 0.4) is 0 Å². The van der Waals surface area contributed by atoms with Crippen LogP contribution in [0.5, 0.6) is 0 Å². The van der Waals surface area contributed by atoms with Crippen LogP contribution in [0.1, 0.15) is 24.1 Å². The lowest BCUT2D eigenvalue weighted by Gasteiger charge is -2.23. The Hall–Kier alpha value is -1.71. The molecule has 0 spiro atoms. The van der Waals surface area contributed by atoms with E-state index in [2.05, 4.69) is 17.1 Å². The van der Waals surface area contributed by atoms with Gasteiger partial charge in [-0.1, -0.05) is 36.4 Å². The molecule has 1 aliphatic rings. The smallest absolute Gasteiger partial charge is 0.0843 e. The lowest BCUT2D eigenvalue weighted by molar-refractivity contribution is 0.00218. The summed E-state index contributed by atoms with van der Waals surface area (Å²) in [6.07, 6.45) is 4.68. The molecule has 1 aliphatic carbocycles. The van der Waals surface area contributed by atoms with Crippen LogP contribution in [0.2, 0.25) is 0 Å². The topological polar surface area (TPSA) is 48.1 Å². The summed E-state index contributed by atoms with van der Waals surface area (Å²) in [5.74, 6) is 0. The number of nitrogens with two attached hydrogens (primary N) is 1. The number of ether oxygens (including phenoxy) is 1. The van der Waals surface area contributed by atoms with Crippen molar-refractivity contribution >= 4 is 0 Å². The van der Waals surface area contributed by atoms with Gasteiger partial charge in [0.2, 0.25) is 0 Å². The number of nitrogens with zero attached hydrogens (tertiary/aromatic N) is 1. The average molecular weight is 268 g/mol. The third kappa shape index (κ3) is 3.06. The van der Waals surface area contributed by atoms with Crippen molar-refractivity contribution in [3.8, 4) is 0 Å². The van der Waals surface area contributed by atoms with Crippen molar-refractivity contribution in [3.05, 3.63) is 66.0 Å². The van der Waals surface area contributed by atoms with Gasteiger partial charge in [0.15, 0.2) is 0 Å². The first-order valence-electron chi connectivity index (χ1n) is 7.12. The van der Waals surface area contributed by atoms with Crippen molar-refractivity contribution in [1.29, 1.82) is 0 Å². The fourth-order valence-corrected chi connectivity index (χ4v) is 2.48. The van der Waals surface area contributed by atoms with E-state index in [1.807, 2.05) is 42.6 Å². The number of hydrogen-bond donors (Lipinski definition) is 1. The van der Waals surface area contributed by atoms with Gasteiger partial charge in [0.1, 0.15) is 0 Å². The molecule has 1 aromatic carbocycles. The second-order valence-electron chi connectivity index (χ2n) is 5.47. The van der Waals surface area contributed by atoms with E-state index in [9.17, 15) is 0 Å². The number of rotatable bonds is 6. The Morgan fingerprint density at radius 3 is 2.50 bits per heavy atom. The first-order chi connectivity index (χ1) is 9.78. The molecule has 0 amide bonds. The minimum atomic E-state index is -0.145. The zero-order valence-electron chi connectivity index (χ0n) is 11.5. The highest BCUT2D eigenvalue weighted by atomic mass is 16.5. The first-order valence-corrected chi connectivity index (χ1v) is 7.12. The molecule has 3 heteroatoms. The zero-order chi connectivity index (χ0) is 13.8. The second-order valence-corrected chi connectivity index (χ2v) is 5.47. The Bertz CT molecular complexity index is 537. The highest BCUT2D eigenvalue weighted by Crippen LogP contribution is 2.43. The Morgan fingerprint density at radius 1 is 1.10 bits per heavy atom. The van der Waals surface area contributed by atoms with Gasteiger partial charge < -0.3 is 10.5 Å². The van der Waals surface area contributed by atoms with Crippen LogP contribution in [-0.4, -0.2) is 16.6 Å². The summed E-state index contributed by atoms with van der Waals surface area (Å²) in [5, 5.41) is 0. The molecule has 104 valence electrons. The van der Waals surface area contributed by atoms with Crippen molar-refractivity contribution in [2.45, 2.75) is 37.5 Å². The van der Waals surface area contributed by atoms with Crippen molar-refractivity contribution < 1.29 is 4.74 Å². The Labute approximate surface area is 119 Å². The minimum absolute atomic E-state index is 0.0149. The lowest BCUT2D eigenvalue weighted by Crippen LogP contribution is -2.40. The fourth-order valence-electron chi connectivity index (χ4n) is 2.48. The quantitative estimate of drug-likeness (QED) is 0.876. The van der Waals surface area contributed by atoms with Crippen LogP contribution in [-0.2, 0) is 17.8 Å². The molecular formula is C17H20N2O. The van der Waals surface area contributed by atoms with Crippen LogP contribution in [0.15, 0.2) is 54.7 Å². The van der Waals surface area contributed by atoms with Crippen molar-refractivity contribution in [2.75, 3.05) is 0 Å². The van der Waals surface area contributed by atoms with Crippen molar-refractivity contribution in [3.63, 3.8) is 0 Å². The summed E-state index contributed by atoms with van der Waals surface area (Å²) >= 11 is 0. The maximum atomic E-state index is 6.35. The van der Waals surface area contributed by atoms with E-state index in [1.165, 1.54) is 5.56 Å². The highest BCUT2D eigenvalue weighted by molar-refractivity contribution is 5.15. The molecular weight excluding hydrogens is 248 g/mol. The molecule has 0 bridgehead atoms. The van der Waals surface area contributed by atoms with Crippen molar-refractivity contribution in [2.24, 2.45) is 5.73 Å². The Balaban J connectivity index is 1.58. The summed E-state index contributed by atoms with van der Waals surface area (Å²) < 4.78 is 6.11. The van der Waals surface area contributed by atoms with E-state index < -0.39 is 0 Å². The van der Waals surface area contributed by atoms with Gasteiger partial charge in [-0.15, -0.1) is 0 Å². The summed E-state index contributed by atoms with van der Waals surface area (Å²) in [5.41, 5.74) is 8.43. The largest absolute Gasteiger partial charge is 0.369 e. The number of benzene rings is 1. The van der Waals surface area contributed by atoms with Gasteiger partial charge in [0, 0.05) is 24.4 Å². The molecule has 1 fully saturated rings. The van der Waals surface area contributed by atoms with Gasteiger partial charge in [-0.25, -0.2) is 0 Å². The Morgan fingerprint density at radius 2 is 1.85 bits per heavy atom. The standard InChI is InChI=1S/C17H20N2O/c18-16(12-15-8-4-5-11-19-15)17(9-10-17)20-13-14-6-2-1-3-7-14/h1-8,11,16H,9-10,12-13,18H2/t16-/m1/s1. The normalized spacial score (nSPS) is 17.6. The monoisotopic (exact) mass is 268 g/mol. The van der Waals surface area contributed by atoms with Crippen LogP contribution >= 0.6 is 0 Å². The average Bonchev–Trinajstić information content (AvgIpc) is 3.29. The molecule has 1 atom stereocenters. The maximum absolute atomic E-state index is 6.35. The predicted molar refractivity (Wildman–Crippen MR) is 79.1 cm³/mol. The molecule has 0 aliphatic heterocycles. The number of aromatic nitrogens is 1. The summed E-state index contributed by atoms with van der Waals surface area (Å²) in [6.45, 7) is 0.636. The predicted octanol–water partition coefficient (Wildman–Crippen LogP) is 2.70. The van der Waals surface area contributed by atoms with E-state index in [1.54, 1.807) is 0 Å². The minimum Gasteiger partial charge on any atom is -0.369 e. The highest BCUT2D eigenvalue weighted by Gasteiger charge is 2.49. The summed E-state index contributed by atoms with van der Waals surface area (Å²) in [6, 6.07) is 16.2. The number of pyridine rings is 1. The second kappa shape index (κ2) is 5.73. The van der Waals surface area contributed by atoms with E-state index in [0.29, 0.717) is 6.61 Å². The van der Waals surface area contributed by atoms with E-state index in [0.717, 1.165) is 25.0 Å². The molecule has 3 nitrogen and oxygen atoms in total. The van der Waals surface area contributed by atoms with Crippen molar-refractivity contribution in [1.82, 2.24) is 4.98 Å². The van der Waals surface area contributed by atoms with Crippen LogP contribution in [0, 0.1) is 0 Å². The van der Waals surface area contributed by atoms with Gasteiger partial charge in [-0.3, -0.25) is 4.98 Å². The van der Waals surface area contributed by atoms with E-state index in [4.69, 9.17) is 10.5 Å². The first kappa shape index (κ1) is 13.3. The SMILES string of the molecule is N[C@H](Cc1ccccn1)C1(OCc2ccccc2)CC1. The third-order valence-electron chi connectivity index (χ3n) is 3.94. The van der Waals surface area contributed by atoms with E-state index >= 15 is 0 Å². The molecule has 0 radical (unpaired) electrons. The zero-order valence-corrected chi connectivity index (χ0v) is 11.5. The van der Waals surface area contributed by atoms with Crippen LogP contribution in [0.25, 0.3) is 0 Å². The number of hydrogen-bond acceptors (Lipinski definition) is 3. The Kier molecular flexibility index (Phi) is 3.81. The van der Waals surface area contributed by atoms with Gasteiger partial charge in [0.25, 0.3) is 0 Å². The molecule has 0 saturated heterocycles. The molecule has 2 aromatic rings. The molecule has 1 saturated carbocycles. The summed E-state index contributed by atoms with van der Waals surface area (Å²) in [4.78, 5) is 4.34. The molecule has 0 unspecified atom stereocenters. The third-order valence-corrected chi connectivity index (χ3v) is 3.94. The molecule has 20 heavy (non-hydrogen) atoms. The van der Waals surface area contributed by atoms with E-state index in [-0.39, 0.29) is 11.6 Å². The molecule has 1 aromatic heterocycles. The molecule has 3 rings (SSSR count). The molecule has 2 N–H and O–H groups in total.